The summed E-state index contributed by atoms with van der Waals surface area (Å²) < 4.78 is 53.4. The second-order valence-electron chi connectivity index (χ2n) is 5.13. The first kappa shape index (κ1) is 16.9. The Balaban J connectivity index is 1.93. The molecule has 0 radical (unpaired) electrons. The molecule has 0 saturated carbocycles. The van der Waals surface area contributed by atoms with Crippen molar-refractivity contribution in [1.29, 1.82) is 0 Å². The Hall–Kier alpha value is -2.97. The van der Waals surface area contributed by atoms with Crippen LogP contribution in [0.5, 0.6) is 0 Å². The first-order chi connectivity index (χ1) is 11.9. The smallest absolute Gasteiger partial charge is 0.323 e. The van der Waals surface area contributed by atoms with Crippen LogP contribution in [0.1, 0.15) is 12.5 Å². The summed E-state index contributed by atoms with van der Waals surface area (Å²) in [6, 6.07) is 6.14. The fourth-order valence-corrected chi connectivity index (χ4v) is 2.28. The molecule has 0 aliphatic rings. The van der Waals surface area contributed by atoms with Crippen molar-refractivity contribution >= 4 is 11.6 Å². The van der Waals surface area contributed by atoms with Gasteiger partial charge in [-0.2, -0.15) is 18.2 Å². The molecule has 1 aromatic carbocycles. The van der Waals surface area contributed by atoms with E-state index < -0.39 is 17.6 Å². The van der Waals surface area contributed by atoms with Gasteiger partial charge in [-0.05, 0) is 37.3 Å². The molecule has 3 aromatic rings. The summed E-state index contributed by atoms with van der Waals surface area (Å²) in [5.74, 6) is -0.665. The van der Waals surface area contributed by atoms with E-state index in [0.29, 0.717) is 18.4 Å². The van der Waals surface area contributed by atoms with Gasteiger partial charge >= 0.3 is 6.18 Å². The molecule has 1 N–H and O–H groups in total. The van der Waals surface area contributed by atoms with Gasteiger partial charge in [-0.15, -0.1) is 5.10 Å². The number of aryl methyl sites for hydroxylation is 1. The Morgan fingerprint density at radius 3 is 2.48 bits per heavy atom. The number of pyridine rings is 1. The van der Waals surface area contributed by atoms with Crippen LogP contribution in [0.15, 0.2) is 42.7 Å². The van der Waals surface area contributed by atoms with Crippen molar-refractivity contribution < 1.29 is 17.6 Å². The molecule has 2 aromatic heterocycles. The average Bonchev–Trinajstić information content (AvgIpc) is 2.99. The number of rotatable bonds is 4. The van der Waals surface area contributed by atoms with Crippen molar-refractivity contribution in [2.24, 2.45) is 0 Å². The fourth-order valence-electron chi connectivity index (χ4n) is 2.28. The summed E-state index contributed by atoms with van der Waals surface area (Å²) in [7, 11) is 0. The third-order valence-electron chi connectivity index (χ3n) is 3.44. The molecule has 0 fully saturated rings. The molecular weight excluding hydrogens is 338 g/mol. The average molecular weight is 351 g/mol. The van der Waals surface area contributed by atoms with Gasteiger partial charge in [0, 0.05) is 30.2 Å². The molecule has 0 amide bonds. The van der Waals surface area contributed by atoms with Gasteiger partial charge in [-0.1, -0.05) is 0 Å². The van der Waals surface area contributed by atoms with Gasteiger partial charge in [0.05, 0.1) is 5.56 Å². The molecule has 0 aliphatic heterocycles. The maximum Gasteiger partial charge on any atom is 0.419 e. The SMILES string of the molecule is CCn1nc(Nc2ccc(F)c(C(F)(F)F)c2)nc1-c1ccncc1. The summed E-state index contributed by atoms with van der Waals surface area (Å²) in [6.45, 7) is 2.38. The third kappa shape index (κ3) is 3.59. The van der Waals surface area contributed by atoms with Crippen LogP contribution in [-0.2, 0) is 12.7 Å². The van der Waals surface area contributed by atoms with E-state index in [1.54, 1.807) is 29.2 Å². The van der Waals surface area contributed by atoms with Gasteiger partial charge < -0.3 is 5.32 Å². The van der Waals surface area contributed by atoms with Gasteiger partial charge in [-0.3, -0.25) is 4.98 Å². The molecule has 0 saturated heterocycles. The number of hydrogen-bond acceptors (Lipinski definition) is 4. The van der Waals surface area contributed by atoms with Crippen molar-refractivity contribution in [1.82, 2.24) is 19.7 Å². The van der Waals surface area contributed by atoms with Gasteiger partial charge in [0.25, 0.3) is 0 Å². The van der Waals surface area contributed by atoms with E-state index in [1.165, 1.54) is 6.07 Å². The Morgan fingerprint density at radius 1 is 1.12 bits per heavy atom. The zero-order valence-corrected chi connectivity index (χ0v) is 13.0. The van der Waals surface area contributed by atoms with Crippen LogP contribution in [0.2, 0.25) is 0 Å². The van der Waals surface area contributed by atoms with Gasteiger partial charge in [0.2, 0.25) is 5.95 Å². The minimum absolute atomic E-state index is 0.0447. The summed E-state index contributed by atoms with van der Waals surface area (Å²) in [5.41, 5.74) is -0.530. The monoisotopic (exact) mass is 351 g/mol. The van der Waals surface area contributed by atoms with Gasteiger partial charge in [0.1, 0.15) is 5.82 Å². The van der Waals surface area contributed by atoms with E-state index >= 15 is 0 Å². The molecule has 0 bridgehead atoms. The third-order valence-corrected chi connectivity index (χ3v) is 3.44. The molecular formula is C16H13F4N5. The first-order valence-electron chi connectivity index (χ1n) is 7.37. The van der Waals surface area contributed by atoms with Crippen LogP contribution in [0, 0.1) is 5.82 Å². The normalized spacial score (nSPS) is 11.6. The van der Waals surface area contributed by atoms with E-state index in [0.717, 1.165) is 11.6 Å². The Bertz CT molecular complexity index is 874. The lowest BCUT2D eigenvalue weighted by Gasteiger charge is -2.10. The minimum atomic E-state index is -4.78. The number of benzene rings is 1. The maximum absolute atomic E-state index is 13.4. The molecule has 9 heteroatoms. The number of hydrogen-bond donors (Lipinski definition) is 1. The zero-order valence-electron chi connectivity index (χ0n) is 13.0. The van der Waals surface area contributed by atoms with Crippen LogP contribution in [0.3, 0.4) is 0 Å². The Labute approximate surface area is 140 Å². The molecule has 0 aliphatic carbocycles. The highest BCUT2D eigenvalue weighted by atomic mass is 19.4. The topological polar surface area (TPSA) is 55.6 Å². The zero-order chi connectivity index (χ0) is 18.0. The van der Waals surface area contributed by atoms with Crippen LogP contribution in [0.4, 0.5) is 29.2 Å². The molecule has 130 valence electrons. The van der Waals surface area contributed by atoms with Crippen LogP contribution < -0.4 is 5.32 Å². The van der Waals surface area contributed by atoms with Crippen molar-refractivity contribution in [2.75, 3.05) is 5.32 Å². The van der Waals surface area contributed by atoms with E-state index in [-0.39, 0.29) is 11.6 Å². The molecule has 0 spiro atoms. The maximum atomic E-state index is 13.4. The summed E-state index contributed by atoms with van der Waals surface area (Å²) >= 11 is 0. The van der Waals surface area contributed by atoms with Crippen molar-refractivity contribution in [3.05, 3.63) is 54.1 Å². The highest BCUT2D eigenvalue weighted by molar-refractivity contribution is 5.60. The second-order valence-corrected chi connectivity index (χ2v) is 5.13. The fraction of sp³-hybridized carbons (Fsp3) is 0.188. The number of alkyl halides is 3. The number of nitrogens with zero attached hydrogens (tertiary/aromatic N) is 4. The highest BCUT2D eigenvalue weighted by Crippen LogP contribution is 2.33. The number of halogens is 4. The Morgan fingerprint density at radius 2 is 1.84 bits per heavy atom. The van der Waals surface area contributed by atoms with Crippen LogP contribution in [-0.4, -0.2) is 19.7 Å². The van der Waals surface area contributed by atoms with Gasteiger partial charge in [0.15, 0.2) is 5.82 Å². The number of anilines is 2. The lowest BCUT2D eigenvalue weighted by Crippen LogP contribution is -2.08. The van der Waals surface area contributed by atoms with E-state index in [2.05, 4.69) is 20.4 Å². The van der Waals surface area contributed by atoms with Crippen molar-refractivity contribution in [3.8, 4) is 11.4 Å². The molecule has 0 atom stereocenters. The molecule has 5 nitrogen and oxygen atoms in total. The predicted molar refractivity (Wildman–Crippen MR) is 83.6 cm³/mol. The standard InChI is InChI=1S/C16H13F4N5/c1-2-25-14(10-5-7-21-8-6-10)23-15(24-25)22-11-3-4-13(17)12(9-11)16(18,19)20/h3-9H,2H2,1H3,(H,22,24). The summed E-state index contributed by atoms with van der Waals surface area (Å²) in [6.07, 6.45) is -1.57. The first-order valence-corrected chi connectivity index (χ1v) is 7.37. The lowest BCUT2D eigenvalue weighted by atomic mass is 10.2. The van der Waals surface area contributed by atoms with E-state index in [1.807, 2.05) is 6.92 Å². The summed E-state index contributed by atoms with van der Waals surface area (Å²) in [5, 5.41) is 6.90. The van der Waals surface area contributed by atoms with Gasteiger partial charge in [-0.25, -0.2) is 9.07 Å². The highest BCUT2D eigenvalue weighted by Gasteiger charge is 2.34. The number of nitrogens with one attached hydrogen (secondary N) is 1. The largest absolute Gasteiger partial charge is 0.419 e. The van der Waals surface area contributed by atoms with Crippen molar-refractivity contribution in [2.45, 2.75) is 19.6 Å². The van der Waals surface area contributed by atoms with Crippen LogP contribution >= 0.6 is 0 Å². The Kier molecular flexibility index (Phi) is 4.39. The predicted octanol–water partition coefficient (Wildman–Crippen LogP) is 4.26. The summed E-state index contributed by atoms with van der Waals surface area (Å²) in [4.78, 5) is 8.23. The van der Waals surface area contributed by atoms with Crippen molar-refractivity contribution in [3.63, 3.8) is 0 Å². The lowest BCUT2D eigenvalue weighted by molar-refractivity contribution is -0.139. The van der Waals surface area contributed by atoms with Crippen LogP contribution in [0.25, 0.3) is 11.4 Å². The number of aromatic nitrogens is 4. The van der Waals surface area contributed by atoms with E-state index in [9.17, 15) is 17.6 Å². The molecule has 0 unspecified atom stereocenters. The quantitative estimate of drug-likeness (QED) is 0.714. The minimum Gasteiger partial charge on any atom is -0.323 e. The van der Waals surface area contributed by atoms with E-state index in [4.69, 9.17) is 0 Å². The molecule has 3 rings (SSSR count). The second kappa shape index (κ2) is 6.50. The molecule has 2 heterocycles. The molecule has 25 heavy (non-hydrogen) atoms.